The predicted molar refractivity (Wildman–Crippen MR) is 89.0 cm³/mol. The van der Waals surface area contributed by atoms with Gasteiger partial charge in [-0.1, -0.05) is 6.42 Å². The number of nitriles is 1. The number of halogens is 2. The number of esters is 1. The summed E-state index contributed by atoms with van der Waals surface area (Å²) in [6, 6.07) is 3.87. The van der Waals surface area contributed by atoms with E-state index in [9.17, 15) is 13.6 Å². The van der Waals surface area contributed by atoms with E-state index in [1.54, 1.807) is 0 Å². The average Bonchev–Trinajstić information content (AvgIpc) is 2.91. The van der Waals surface area contributed by atoms with E-state index in [-0.39, 0.29) is 29.2 Å². The monoisotopic (exact) mass is 361 g/mol. The lowest BCUT2D eigenvalue weighted by Crippen LogP contribution is -2.20. The van der Waals surface area contributed by atoms with Crippen molar-refractivity contribution in [3.8, 4) is 17.5 Å². The van der Waals surface area contributed by atoms with E-state index >= 15 is 0 Å². The van der Waals surface area contributed by atoms with Gasteiger partial charge in [-0.05, 0) is 18.8 Å². The van der Waals surface area contributed by atoms with E-state index < -0.39 is 23.4 Å². The molecule has 8 heteroatoms. The molecular weight excluding hydrogens is 344 g/mol. The Balaban J connectivity index is 1.99. The van der Waals surface area contributed by atoms with Gasteiger partial charge >= 0.3 is 5.97 Å². The molecule has 6 nitrogen and oxygen atoms in total. The van der Waals surface area contributed by atoms with Crippen molar-refractivity contribution in [2.75, 3.05) is 19.5 Å². The number of methoxy groups -OCH3 is 1. The molecule has 0 saturated heterocycles. The summed E-state index contributed by atoms with van der Waals surface area (Å²) in [4.78, 5) is 12.0. The van der Waals surface area contributed by atoms with E-state index in [0.717, 1.165) is 43.1 Å². The Bertz CT molecular complexity index is 875. The lowest BCUT2D eigenvalue weighted by Gasteiger charge is -2.25. The molecule has 0 amide bonds. The summed E-state index contributed by atoms with van der Waals surface area (Å²) < 4.78 is 39.8. The fourth-order valence-electron chi connectivity index (χ4n) is 2.80. The number of hydrogen-bond donors (Lipinski definition) is 1. The van der Waals surface area contributed by atoms with Crippen LogP contribution in [0.5, 0.6) is 5.75 Å². The van der Waals surface area contributed by atoms with E-state index in [4.69, 9.17) is 15.7 Å². The summed E-state index contributed by atoms with van der Waals surface area (Å²) in [6.45, 7) is 0.260. The quantitative estimate of drug-likeness (QED) is 0.826. The maximum atomic E-state index is 14.4. The third-order valence-corrected chi connectivity index (χ3v) is 4.49. The zero-order valence-electron chi connectivity index (χ0n) is 14.1. The Morgan fingerprint density at radius 1 is 1.38 bits per heavy atom. The zero-order valence-corrected chi connectivity index (χ0v) is 14.1. The molecule has 0 radical (unpaired) electrons. The number of rotatable bonds is 5. The van der Waals surface area contributed by atoms with Gasteiger partial charge in [-0.3, -0.25) is 0 Å². The molecule has 2 N–H and O–H groups in total. The molecule has 0 unspecified atom stereocenters. The van der Waals surface area contributed by atoms with Crippen LogP contribution in [0.15, 0.2) is 18.3 Å². The van der Waals surface area contributed by atoms with E-state index in [1.165, 1.54) is 6.20 Å². The number of anilines is 1. The number of nitrogens with two attached hydrogens (primary N) is 1. The van der Waals surface area contributed by atoms with Crippen LogP contribution in [0.4, 0.5) is 14.5 Å². The second-order valence-electron chi connectivity index (χ2n) is 6.12. The second kappa shape index (κ2) is 7.04. The molecule has 0 atom stereocenters. The number of nitrogens with zero attached hydrogens (tertiary/aromatic N) is 2. The Kier molecular flexibility index (Phi) is 4.80. The van der Waals surface area contributed by atoms with Crippen molar-refractivity contribution in [2.24, 2.45) is 5.92 Å². The largest absolute Gasteiger partial charge is 0.487 e. The van der Waals surface area contributed by atoms with Crippen LogP contribution in [0.2, 0.25) is 0 Å². The first-order chi connectivity index (χ1) is 12.5. The van der Waals surface area contributed by atoms with Crippen molar-refractivity contribution in [1.29, 1.82) is 5.26 Å². The van der Waals surface area contributed by atoms with Crippen LogP contribution in [0, 0.1) is 28.9 Å². The van der Waals surface area contributed by atoms with Gasteiger partial charge < -0.3 is 19.8 Å². The highest BCUT2D eigenvalue weighted by Crippen LogP contribution is 2.32. The number of nitrogen functional groups attached to an aromatic ring is 1. The van der Waals surface area contributed by atoms with Gasteiger partial charge in [0.1, 0.15) is 6.07 Å². The molecule has 1 heterocycles. The number of hydrogen-bond acceptors (Lipinski definition) is 5. The van der Waals surface area contributed by atoms with Crippen molar-refractivity contribution in [3.05, 3.63) is 41.2 Å². The van der Waals surface area contributed by atoms with Gasteiger partial charge in [0, 0.05) is 18.3 Å². The first-order valence-corrected chi connectivity index (χ1v) is 8.07. The molecule has 1 aliphatic rings. The molecule has 0 bridgehead atoms. The standard InChI is InChI=1S/C18H17F2N3O3/c1-25-18(24)16-15(22)11(7-21)8-23(16)12-5-13(19)17(14(20)6-12)26-9-10-3-2-4-10/h5-6,8,10H,2-4,9,22H2,1H3. The number of benzene rings is 1. The van der Waals surface area contributed by atoms with E-state index in [1.807, 2.05) is 6.07 Å². The number of carbonyl (C=O) groups excluding carboxylic acids is 1. The lowest BCUT2D eigenvalue weighted by atomic mass is 9.86. The Morgan fingerprint density at radius 3 is 2.54 bits per heavy atom. The molecular formula is C18H17F2N3O3. The molecule has 1 aromatic carbocycles. The summed E-state index contributed by atoms with van der Waals surface area (Å²) in [6.07, 6.45) is 4.31. The summed E-state index contributed by atoms with van der Waals surface area (Å²) in [5.74, 6) is -2.76. The fraction of sp³-hybridized carbons (Fsp3) is 0.333. The van der Waals surface area contributed by atoms with Gasteiger partial charge in [0.05, 0.1) is 30.7 Å². The molecule has 0 aliphatic heterocycles. The molecule has 1 aliphatic carbocycles. The summed E-state index contributed by atoms with van der Waals surface area (Å²) in [5.41, 5.74) is 5.47. The van der Waals surface area contributed by atoms with Crippen LogP contribution in [0.25, 0.3) is 5.69 Å². The maximum absolute atomic E-state index is 14.4. The Morgan fingerprint density at radius 2 is 2.04 bits per heavy atom. The Labute approximate surface area is 148 Å². The van der Waals surface area contributed by atoms with Gasteiger partial charge in [0.2, 0.25) is 0 Å². The molecule has 26 heavy (non-hydrogen) atoms. The van der Waals surface area contributed by atoms with Crippen LogP contribution in [-0.4, -0.2) is 24.3 Å². The first-order valence-electron chi connectivity index (χ1n) is 8.07. The highest BCUT2D eigenvalue weighted by Gasteiger charge is 2.24. The number of ether oxygens (including phenoxy) is 2. The summed E-state index contributed by atoms with van der Waals surface area (Å²) >= 11 is 0. The molecule has 0 spiro atoms. The van der Waals surface area contributed by atoms with E-state index in [0.29, 0.717) is 5.92 Å². The molecule has 136 valence electrons. The normalized spacial score (nSPS) is 13.8. The minimum atomic E-state index is -0.902. The van der Waals surface area contributed by atoms with Crippen LogP contribution in [0.1, 0.15) is 35.3 Å². The van der Waals surface area contributed by atoms with Crippen LogP contribution >= 0.6 is 0 Å². The average molecular weight is 361 g/mol. The number of aromatic nitrogens is 1. The highest BCUT2D eigenvalue weighted by molar-refractivity contribution is 5.95. The van der Waals surface area contributed by atoms with E-state index in [2.05, 4.69) is 4.74 Å². The zero-order chi connectivity index (χ0) is 18.8. The van der Waals surface area contributed by atoms with Gasteiger partial charge in [0.25, 0.3) is 0 Å². The van der Waals surface area contributed by atoms with Crippen molar-refractivity contribution in [1.82, 2.24) is 4.57 Å². The lowest BCUT2D eigenvalue weighted by molar-refractivity contribution is 0.0593. The van der Waals surface area contributed by atoms with Crippen molar-refractivity contribution >= 4 is 11.7 Å². The van der Waals surface area contributed by atoms with Crippen molar-refractivity contribution in [2.45, 2.75) is 19.3 Å². The smallest absolute Gasteiger partial charge is 0.357 e. The van der Waals surface area contributed by atoms with Gasteiger partial charge in [0.15, 0.2) is 23.1 Å². The highest BCUT2D eigenvalue weighted by atomic mass is 19.1. The topological polar surface area (TPSA) is 90.3 Å². The Hall–Kier alpha value is -3.08. The predicted octanol–water partition coefficient (Wildman–Crippen LogP) is 3.17. The molecule has 1 saturated carbocycles. The van der Waals surface area contributed by atoms with Gasteiger partial charge in [-0.2, -0.15) is 5.26 Å². The van der Waals surface area contributed by atoms with Gasteiger partial charge in [-0.25, -0.2) is 13.6 Å². The summed E-state index contributed by atoms with van der Waals surface area (Å²) in [5, 5.41) is 9.10. The first kappa shape index (κ1) is 17.7. The van der Waals surface area contributed by atoms with Crippen LogP contribution < -0.4 is 10.5 Å². The van der Waals surface area contributed by atoms with Crippen LogP contribution in [0.3, 0.4) is 0 Å². The fourth-order valence-corrected chi connectivity index (χ4v) is 2.80. The minimum Gasteiger partial charge on any atom is -0.487 e. The van der Waals surface area contributed by atoms with Crippen LogP contribution in [-0.2, 0) is 4.74 Å². The van der Waals surface area contributed by atoms with Gasteiger partial charge in [-0.15, -0.1) is 0 Å². The third kappa shape index (κ3) is 3.08. The second-order valence-corrected chi connectivity index (χ2v) is 6.12. The SMILES string of the molecule is COC(=O)c1c(N)c(C#N)cn1-c1cc(F)c(OCC2CCC2)c(F)c1. The molecule has 2 aromatic rings. The maximum Gasteiger partial charge on any atom is 0.357 e. The van der Waals surface area contributed by atoms with Crippen molar-refractivity contribution < 1.29 is 23.0 Å². The molecule has 1 fully saturated rings. The summed E-state index contributed by atoms with van der Waals surface area (Å²) in [7, 11) is 1.14. The molecule has 3 rings (SSSR count). The minimum absolute atomic E-state index is 0.00322. The molecule has 1 aromatic heterocycles. The third-order valence-electron chi connectivity index (χ3n) is 4.49. The van der Waals surface area contributed by atoms with Crippen molar-refractivity contribution in [3.63, 3.8) is 0 Å². The number of carbonyl (C=O) groups is 1.